The SMILES string of the molecule is CC[C@@H](C)NC(=O)[C@H](CC)N(Cc1ccc(F)cc1)C(=O)CN(C)S(=O)(=O)c1ccc2ccccc2c1. The number of rotatable bonds is 11. The second-order valence-corrected chi connectivity index (χ2v) is 11.2. The predicted octanol–water partition coefficient (Wildman–Crippen LogP) is 4.32. The molecule has 3 aromatic rings. The average molecular weight is 528 g/mol. The Bertz CT molecular complexity index is 1350. The normalized spacial score (nSPS) is 13.4. The number of nitrogens with zero attached hydrogens (tertiary/aromatic N) is 2. The van der Waals surface area contributed by atoms with Crippen molar-refractivity contribution in [3.63, 3.8) is 0 Å². The molecule has 0 spiro atoms. The monoisotopic (exact) mass is 527 g/mol. The van der Waals surface area contributed by atoms with Crippen molar-refractivity contribution in [2.45, 2.75) is 57.1 Å². The second-order valence-electron chi connectivity index (χ2n) is 9.16. The van der Waals surface area contributed by atoms with Gasteiger partial charge >= 0.3 is 0 Å². The molecule has 9 heteroatoms. The topological polar surface area (TPSA) is 86.8 Å². The van der Waals surface area contributed by atoms with Crippen LogP contribution in [0, 0.1) is 5.82 Å². The Kier molecular flexibility index (Phi) is 9.39. The molecule has 0 aliphatic rings. The molecule has 0 unspecified atom stereocenters. The van der Waals surface area contributed by atoms with E-state index in [4.69, 9.17) is 0 Å². The molecule has 0 aromatic heterocycles. The van der Waals surface area contributed by atoms with Crippen LogP contribution < -0.4 is 5.32 Å². The quantitative estimate of drug-likeness (QED) is 0.402. The van der Waals surface area contributed by atoms with E-state index >= 15 is 0 Å². The minimum absolute atomic E-state index is 0.0371. The third kappa shape index (κ3) is 6.93. The molecule has 198 valence electrons. The molecule has 0 bridgehead atoms. The Balaban J connectivity index is 1.88. The summed E-state index contributed by atoms with van der Waals surface area (Å²) in [5, 5.41) is 4.59. The molecular formula is C28H34FN3O4S. The summed E-state index contributed by atoms with van der Waals surface area (Å²) in [6.45, 7) is 5.20. The minimum atomic E-state index is -3.98. The smallest absolute Gasteiger partial charge is 0.243 e. The van der Waals surface area contributed by atoms with E-state index in [2.05, 4.69) is 5.32 Å². The number of amides is 2. The molecular weight excluding hydrogens is 493 g/mol. The first-order valence-electron chi connectivity index (χ1n) is 12.4. The van der Waals surface area contributed by atoms with Gasteiger partial charge in [-0.1, -0.05) is 56.3 Å². The first kappa shape index (κ1) is 28.3. The molecule has 2 amide bonds. The number of hydrogen-bond donors (Lipinski definition) is 1. The molecule has 0 aliphatic heterocycles. The first-order chi connectivity index (χ1) is 17.6. The van der Waals surface area contributed by atoms with Crippen molar-refractivity contribution < 1.29 is 22.4 Å². The number of nitrogens with one attached hydrogen (secondary N) is 1. The summed E-state index contributed by atoms with van der Waals surface area (Å²) >= 11 is 0. The van der Waals surface area contributed by atoms with E-state index in [0.29, 0.717) is 12.0 Å². The van der Waals surface area contributed by atoms with E-state index in [0.717, 1.165) is 21.5 Å². The molecule has 1 N–H and O–H groups in total. The van der Waals surface area contributed by atoms with Gasteiger partial charge in [-0.25, -0.2) is 12.8 Å². The summed E-state index contributed by atoms with van der Waals surface area (Å²) in [6, 6.07) is 17.0. The lowest BCUT2D eigenvalue weighted by molar-refractivity contribution is -0.141. The molecule has 0 aliphatic carbocycles. The summed E-state index contributed by atoms with van der Waals surface area (Å²) in [5.41, 5.74) is 0.629. The standard InChI is InChI=1S/C28H34FN3O4S/c1-5-20(3)30-28(34)26(6-2)32(18-21-11-14-24(29)15-12-21)27(33)19-31(4)37(35,36)25-16-13-22-9-7-8-10-23(22)17-25/h7-17,20,26H,5-6,18-19H2,1-4H3,(H,30,34)/t20-,26+/m1/s1. The van der Waals surface area contributed by atoms with Crippen LogP contribution in [0.3, 0.4) is 0 Å². The third-order valence-electron chi connectivity index (χ3n) is 6.44. The van der Waals surface area contributed by atoms with Crippen molar-refractivity contribution in [1.29, 1.82) is 0 Å². The van der Waals surface area contributed by atoms with E-state index < -0.39 is 34.3 Å². The number of fused-ring (bicyclic) bond motifs is 1. The number of hydrogen-bond acceptors (Lipinski definition) is 4. The minimum Gasteiger partial charge on any atom is -0.352 e. The van der Waals surface area contributed by atoms with Crippen LogP contribution in [-0.2, 0) is 26.2 Å². The zero-order valence-electron chi connectivity index (χ0n) is 21.6. The number of benzene rings is 3. The van der Waals surface area contributed by atoms with E-state index in [-0.39, 0.29) is 23.4 Å². The fraction of sp³-hybridized carbons (Fsp3) is 0.357. The predicted molar refractivity (Wildman–Crippen MR) is 143 cm³/mol. The maximum Gasteiger partial charge on any atom is 0.243 e. The summed E-state index contributed by atoms with van der Waals surface area (Å²) in [7, 11) is -2.63. The summed E-state index contributed by atoms with van der Waals surface area (Å²) in [6.07, 6.45) is 1.05. The highest BCUT2D eigenvalue weighted by atomic mass is 32.2. The van der Waals surface area contributed by atoms with Gasteiger partial charge in [0.2, 0.25) is 21.8 Å². The lowest BCUT2D eigenvalue weighted by atomic mass is 10.1. The van der Waals surface area contributed by atoms with Crippen molar-refractivity contribution in [1.82, 2.24) is 14.5 Å². The zero-order chi connectivity index (χ0) is 27.2. The first-order valence-corrected chi connectivity index (χ1v) is 13.8. The number of carbonyl (C=O) groups excluding carboxylic acids is 2. The van der Waals surface area contributed by atoms with Crippen molar-refractivity contribution in [3.05, 3.63) is 78.1 Å². The van der Waals surface area contributed by atoms with Crippen LogP contribution in [-0.4, -0.2) is 55.1 Å². The Morgan fingerprint density at radius 3 is 2.22 bits per heavy atom. The molecule has 3 rings (SSSR count). The zero-order valence-corrected chi connectivity index (χ0v) is 22.5. The molecule has 2 atom stereocenters. The highest BCUT2D eigenvalue weighted by molar-refractivity contribution is 7.89. The Labute approximate surface area is 218 Å². The molecule has 0 radical (unpaired) electrons. The van der Waals surface area contributed by atoms with Gasteiger partial charge in [-0.05, 0) is 60.4 Å². The maximum atomic E-state index is 13.5. The van der Waals surface area contributed by atoms with Crippen molar-refractivity contribution in [2.75, 3.05) is 13.6 Å². The van der Waals surface area contributed by atoms with Crippen LogP contribution in [0.15, 0.2) is 71.6 Å². The van der Waals surface area contributed by atoms with Gasteiger partial charge in [0.1, 0.15) is 11.9 Å². The van der Waals surface area contributed by atoms with Crippen LogP contribution >= 0.6 is 0 Å². The van der Waals surface area contributed by atoms with Crippen LogP contribution in [0.25, 0.3) is 10.8 Å². The molecule has 0 saturated carbocycles. The van der Waals surface area contributed by atoms with Crippen molar-refractivity contribution >= 4 is 32.6 Å². The fourth-order valence-electron chi connectivity index (χ4n) is 4.02. The number of carbonyl (C=O) groups is 2. The van der Waals surface area contributed by atoms with Crippen LogP contribution in [0.2, 0.25) is 0 Å². The van der Waals surface area contributed by atoms with E-state index in [1.807, 2.05) is 38.1 Å². The molecule has 37 heavy (non-hydrogen) atoms. The van der Waals surface area contributed by atoms with Gasteiger partial charge in [0.05, 0.1) is 11.4 Å². The lowest BCUT2D eigenvalue weighted by Crippen LogP contribution is -2.53. The Morgan fingerprint density at radius 1 is 0.946 bits per heavy atom. The lowest BCUT2D eigenvalue weighted by Gasteiger charge is -2.32. The van der Waals surface area contributed by atoms with Gasteiger partial charge in [0.15, 0.2) is 0 Å². The number of sulfonamides is 1. The molecule has 0 fully saturated rings. The largest absolute Gasteiger partial charge is 0.352 e. The highest BCUT2D eigenvalue weighted by Crippen LogP contribution is 2.22. The maximum absolute atomic E-state index is 13.5. The molecule has 7 nitrogen and oxygen atoms in total. The molecule has 0 saturated heterocycles. The van der Waals surface area contributed by atoms with Crippen LogP contribution in [0.1, 0.15) is 39.2 Å². The summed E-state index contributed by atoms with van der Waals surface area (Å²) < 4.78 is 41.1. The Hall–Kier alpha value is -3.30. The summed E-state index contributed by atoms with van der Waals surface area (Å²) in [4.78, 5) is 28.1. The van der Waals surface area contributed by atoms with Crippen molar-refractivity contribution in [2.24, 2.45) is 0 Å². The van der Waals surface area contributed by atoms with Gasteiger partial charge in [0.25, 0.3) is 0 Å². The van der Waals surface area contributed by atoms with E-state index in [1.54, 1.807) is 31.2 Å². The van der Waals surface area contributed by atoms with Gasteiger partial charge in [-0.2, -0.15) is 4.31 Å². The number of likely N-dealkylation sites (N-methyl/N-ethyl adjacent to an activating group) is 1. The average Bonchev–Trinajstić information content (AvgIpc) is 2.89. The van der Waals surface area contributed by atoms with E-state index in [9.17, 15) is 22.4 Å². The van der Waals surface area contributed by atoms with Gasteiger partial charge < -0.3 is 10.2 Å². The van der Waals surface area contributed by atoms with Crippen molar-refractivity contribution in [3.8, 4) is 0 Å². The molecule has 3 aromatic carbocycles. The number of halogens is 1. The Morgan fingerprint density at radius 2 is 1.59 bits per heavy atom. The highest BCUT2D eigenvalue weighted by Gasteiger charge is 2.32. The van der Waals surface area contributed by atoms with E-state index in [1.165, 1.54) is 30.1 Å². The third-order valence-corrected chi connectivity index (χ3v) is 8.24. The van der Waals surface area contributed by atoms with Gasteiger partial charge in [-0.15, -0.1) is 0 Å². The summed E-state index contributed by atoms with van der Waals surface area (Å²) in [5.74, 6) is -1.25. The van der Waals surface area contributed by atoms with Crippen LogP contribution in [0.5, 0.6) is 0 Å². The van der Waals surface area contributed by atoms with Gasteiger partial charge in [0, 0.05) is 19.6 Å². The van der Waals surface area contributed by atoms with Gasteiger partial charge in [-0.3, -0.25) is 9.59 Å². The molecule has 0 heterocycles. The second kappa shape index (κ2) is 12.3. The van der Waals surface area contributed by atoms with Crippen LogP contribution in [0.4, 0.5) is 4.39 Å². The fourth-order valence-corrected chi connectivity index (χ4v) is 5.18.